The van der Waals surface area contributed by atoms with Crippen molar-refractivity contribution in [2.75, 3.05) is 0 Å². The van der Waals surface area contributed by atoms with Gasteiger partial charge in [-0.05, 0) is 57.2 Å². The summed E-state index contributed by atoms with van der Waals surface area (Å²) in [5.74, 6) is -3.44. The Balaban J connectivity index is 2.31. The first kappa shape index (κ1) is 18.2. The standard InChI is InChI=1S/C17H21F2NO4/c1-17(2,3)24-16(23)20-14(15(21)22)11-6-4-5-10-12(11)7-9(18)8-13(10)19/h7-8,11,14H,4-6H2,1-3H3,(H,20,23)(H,21,22)/t11-,14?/m0/s1. The molecule has 2 rings (SSSR count). The summed E-state index contributed by atoms with van der Waals surface area (Å²) in [5.41, 5.74) is -0.178. The molecule has 1 aromatic rings. The number of rotatable bonds is 3. The molecule has 0 heterocycles. The Labute approximate surface area is 139 Å². The van der Waals surface area contributed by atoms with Gasteiger partial charge in [-0.25, -0.2) is 18.4 Å². The molecular weight excluding hydrogens is 320 g/mol. The van der Waals surface area contributed by atoms with Crippen molar-refractivity contribution in [3.63, 3.8) is 0 Å². The second-order valence-electron chi connectivity index (χ2n) is 6.92. The van der Waals surface area contributed by atoms with E-state index in [1.54, 1.807) is 20.8 Å². The first-order valence-electron chi connectivity index (χ1n) is 7.78. The minimum absolute atomic E-state index is 0.294. The van der Waals surface area contributed by atoms with Crippen LogP contribution < -0.4 is 5.32 Å². The number of nitrogens with one attached hydrogen (secondary N) is 1. The van der Waals surface area contributed by atoms with Crippen LogP contribution in [-0.2, 0) is 16.0 Å². The van der Waals surface area contributed by atoms with Gasteiger partial charge in [0.1, 0.15) is 23.3 Å². The lowest BCUT2D eigenvalue weighted by molar-refractivity contribution is -0.140. The number of benzene rings is 1. The number of alkyl carbamates (subject to hydrolysis) is 1. The lowest BCUT2D eigenvalue weighted by Gasteiger charge is -2.31. The highest BCUT2D eigenvalue weighted by atomic mass is 19.1. The third-order valence-electron chi connectivity index (χ3n) is 3.88. The Bertz CT molecular complexity index is 655. The van der Waals surface area contributed by atoms with Crippen molar-refractivity contribution < 1.29 is 28.2 Å². The molecule has 1 aliphatic rings. The van der Waals surface area contributed by atoms with E-state index in [9.17, 15) is 23.5 Å². The fourth-order valence-corrected chi connectivity index (χ4v) is 2.99. The van der Waals surface area contributed by atoms with Crippen LogP contribution >= 0.6 is 0 Å². The first-order valence-corrected chi connectivity index (χ1v) is 7.78. The fraction of sp³-hybridized carbons (Fsp3) is 0.529. The second kappa shape index (κ2) is 6.75. The lowest BCUT2D eigenvalue weighted by atomic mass is 9.78. The van der Waals surface area contributed by atoms with E-state index < -0.39 is 41.3 Å². The Kier molecular flexibility index (Phi) is 5.11. The minimum atomic E-state index is -1.32. The number of aliphatic carboxylic acids is 1. The van der Waals surface area contributed by atoms with Gasteiger partial charge in [-0.1, -0.05) is 0 Å². The molecule has 0 spiro atoms. The van der Waals surface area contributed by atoms with Crippen LogP contribution in [0.2, 0.25) is 0 Å². The van der Waals surface area contributed by atoms with E-state index in [0.717, 1.165) is 12.1 Å². The van der Waals surface area contributed by atoms with Gasteiger partial charge in [-0.2, -0.15) is 0 Å². The maximum Gasteiger partial charge on any atom is 0.408 e. The van der Waals surface area contributed by atoms with Crippen LogP contribution in [-0.4, -0.2) is 28.8 Å². The molecule has 1 unspecified atom stereocenters. The molecule has 2 atom stereocenters. The van der Waals surface area contributed by atoms with Crippen molar-refractivity contribution >= 4 is 12.1 Å². The maximum absolute atomic E-state index is 14.0. The number of carboxylic acid groups (broad SMARTS) is 1. The number of ether oxygens (including phenoxy) is 1. The SMILES string of the molecule is CC(C)(C)OC(=O)NC(C(=O)O)[C@H]1CCCc2c(F)cc(F)cc21. The van der Waals surface area contributed by atoms with E-state index in [4.69, 9.17) is 4.74 Å². The van der Waals surface area contributed by atoms with Crippen LogP contribution in [0.25, 0.3) is 0 Å². The van der Waals surface area contributed by atoms with Gasteiger partial charge in [0.2, 0.25) is 0 Å². The van der Waals surface area contributed by atoms with E-state index in [0.29, 0.717) is 30.4 Å². The highest BCUT2D eigenvalue weighted by Gasteiger charge is 2.36. The number of halogens is 2. The van der Waals surface area contributed by atoms with Crippen molar-refractivity contribution in [1.82, 2.24) is 5.32 Å². The number of amides is 1. The molecule has 7 heteroatoms. The van der Waals surface area contributed by atoms with Gasteiger partial charge >= 0.3 is 12.1 Å². The number of hydrogen-bond acceptors (Lipinski definition) is 3. The molecule has 1 amide bonds. The smallest absolute Gasteiger partial charge is 0.408 e. The van der Waals surface area contributed by atoms with E-state index in [-0.39, 0.29) is 0 Å². The number of hydrogen-bond donors (Lipinski definition) is 2. The van der Waals surface area contributed by atoms with Gasteiger partial charge in [0, 0.05) is 12.0 Å². The average molecular weight is 341 g/mol. The Hall–Kier alpha value is -2.18. The third-order valence-corrected chi connectivity index (χ3v) is 3.88. The molecule has 0 fully saturated rings. The number of carbonyl (C=O) groups is 2. The van der Waals surface area contributed by atoms with Crippen molar-refractivity contribution in [1.29, 1.82) is 0 Å². The van der Waals surface area contributed by atoms with Crippen molar-refractivity contribution in [3.8, 4) is 0 Å². The molecule has 0 bridgehead atoms. The Morgan fingerprint density at radius 2 is 2.00 bits per heavy atom. The molecule has 24 heavy (non-hydrogen) atoms. The quantitative estimate of drug-likeness (QED) is 0.884. The van der Waals surface area contributed by atoms with Crippen LogP contribution in [0.3, 0.4) is 0 Å². The molecule has 2 N–H and O–H groups in total. The number of carbonyl (C=O) groups excluding carboxylic acids is 1. The van der Waals surface area contributed by atoms with Gasteiger partial charge in [0.25, 0.3) is 0 Å². The fourth-order valence-electron chi connectivity index (χ4n) is 2.99. The molecule has 0 saturated carbocycles. The first-order chi connectivity index (χ1) is 11.1. The van der Waals surface area contributed by atoms with Gasteiger partial charge in [0.15, 0.2) is 0 Å². The van der Waals surface area contributed by atoms with Crippen LogP contribution in [0.15, 0.2) is 12.1 Å². The summed E-state index contributed by atoms with van der Waals surface area (Å²) >= 11 is 0. The topological polar surface area (TPSA) is 75.6 Å². The summed E-state index contributed by atoms with van der Waals surface area (Å²) in [7, 11) is 0. The second-order valence-corrected chi connectivity index (χ2v) is 6.92. The summed E-state index contributed by atoms with van der Waals surface area (Å²) in [6.07, 6.45) is 0.498. The zero-order valence-electron chi connectivity index (χ0n) is 13.9. The Morgan fingerprint density at radius 3 is 2.58 bits per heavy atom. The van der Waals surface area contributed by atoms with Crippen LogP contribution in [0.5, 0.6) is 0 Å². The van der Waals surface area contributed by atoms with E-state index in [2.05, 4.69) is 5.32 Å². The molecule has 1 aromatic carbocycles. The number of fused-ring (bicyclic) bond motifs is 1. The normalized spacial score (nSPS) is 18.5. The molecule has 0 aromatic heterocycles. The van der Waals surface area contributed by atoms with Gasteiger partial charge in [-0.15, -0.1) is 0 Å². The van der Waals surface area contributed by atoms with Gasteiger partial charge in [-0.3, -0.25) is 0 Å². The van der Waals surface area contributed by atoms with Crippen LogP contribution in [0, 0.1) is 11.6 Å². The largest absolute Gasteiger partial charge is 0.480 e. The zero-order valence-corrected chi connectivity index (χ0v) is 13.9. The molecule has 0 radical (unpaired) electrons. The minimum Gasteiger partial charge on any atom is -0.480 e. The Morgan fingerprint density at radius 1 is 1.33 bits per heavy atom. The highest BCUT2D eigenvalue weighted by Crippen LogP contribution is 2.36. The molecule has 0 saturated heterocycles. The van der Waals surface area contributed by atoms with Crippen LogP contribution in [0.4, 0.5) is 13.6 Å². The van der Waals surface area contributed by atoms with E-state index in [1.165, 1.54) is 0 Å². The summed E-state index contributed by atoms with van der Waals surface area (Å²) in [4.78, 5) is 23.5. The number of carboxylic acids is 1. The summed E-state index contributed by atoms with van der Waals surface area (Å²) < 4.78 is 32.6. The van der Waals surface area contributed by atoms with Crippen molar-refractivity contribution in [2.45, 2.75) is 57.6 Å². The average Bonchev–Trinajstić information content (AvgIpc) is 2.42. The third kappa shape index (κ3) is 4.21. The molecule has 5 nitrogen and oxygen atoms in total. The van der Waals surface area contributed by atoms with Crippen molar-refractivity contribution in [3.05, 3.63) is 34.9 Å². The van der Waals surface area contributed by atoms with Gasteiger partial charge in [0.05, 0.1) is 0 Å². The maximum atomic E-state index is 14.0. The summed E-state index contributed by atoms with van der Waals surface area (Å²) in [6.45, 7) is 4.97. The predicted octanol–water partition coefficient (Wildman–Crippen LogP) is 3.36. The molecule has 0 aliphatic heterocycles. The van der Waals surface area contributed by atoms with Crippen LogP contribution in [0.1, 0.15) is 50.7 Å². The molecular formula is C17H21F2NO4. The van der Waals surface area contributed by atoms with Crippen molar-refractivity contribution in [2.24, 2.45) is 0 Å². The molecule has 132 valence electrons. The zero-order chi connectivity index (χ0) is 18.1. The highest BCUT2D eigenvalue weighted by molar-refractivity contribution is 5.81. The van der Waals surface area contributed by atoms with E-state index in [1.807, 2.05) is 0 Å². The summed E-state index contributed by atoms with van der Waals surface area (Å²) in [5, 5.41) is 11.8. The molecule has 1 aliphatic carbocycles. The monoisotopic (exact) mass is 341 g/mol. The van der Waals surface area contributed by atoms with Gasteiger partial charge < -0.3 is 15.2 Å². The van der Waals surface area contributed by atoms with E-state index >= 15 is 0 Å². The summed E-state index contributed by atoms with van der Waals surface area (Å²) in [6, 6.07) is 0.618. The predicted molar refractivity (Wildman–Crippen MR) is 82.8 cm³/mol. The lowest BCUT2D eigenvalue weighted by Crippen LogP contribution is -2.47.